The van der Waals surface area contributed by atoms with Crippen molar-refractivity contribution in [3.63, 3.8) is 0 Å². The zero-order valence-corrected chi connectivity index (χ0v) is 24.3. The second kappa shape index (κ2) is 9.77. The van der Waals surface area contributed by atoms with Gasteiger partial charge < -0.3 is 19.2 Å². The Kier molecular flexibility index (Phi) is 6.27. The molecule has 41 heavy (non-hydrogen) atoms. The second-order valence-corrected chi connectivity index (χ2v) is 13.1. The van der Waals surface area contributed by atoms with Crippen LogP contribution in [0.15, 0.2) is 52.3 Å². The first-order chi connectivity index (χ1) is 19.9. The molecule has 11 heteroatoms. The summed E-state index contributed by atoms with van der Waals surface area (Å²) in [5, 5.41) is 0.938. The Hall–Kier alpha value is -3.57. The molecule has 2 saturated carbocycles. The number of rotatable bonds is 6. The van der Waals surface area contributed by atoms with Gasteiger partial charge in [0.2, 0.25) is 11.8 Å². The average Bonchev–Trinajstić information content (AvgIpc) is 3.71. The molecule has 1 saturated heterocycles. The predicted octanol–water partition coefficient (Wildman–Crippen LogP) is 4.31. The molecule has 3 aromatic rings. The van der Waals surface area contributed by atoms with E-state index in [0.717, 1.165) is 21.9 Å². The van der Waals surface area contributed by atoms with Crippen LogP contribution in [0.4, 0.5) is 5.69 Å². The van der Waals surface area contributed by atoms with Crippen LogP contribution in [0.1, 0.15) is 40.1 Å². The summed E-state index contributed by atoms with van der Waals surface area (Å²) in [7, 11) is 3.19. The van der Waals surface area contributed by atoms with E-state index in [1.165, 1.54) is 16.2 Å². The summed E-state index contributed by atoms with van der Waals surface area (Å²) in [5.74, 6) is -0.427. The zero-order valence-electron chi connectivity index (χ0n) is 22.6. The lowest BCUT2D eigenvalue weighted by molar-refractivity contribution is -0.123. The molecule has 2 aromatic carbocycles. The lowest BCUT2D eigenvalue weighted by Crippen LogP contribution is -2.42. The SMILES string of the molecule is CCOC(=O)c1ccc(N2C(=O)[C@H]3[C@H]4C[C@@H]([C@@H]3C2=O)[C@H]2[C@H](c3ccc(OC)c(OC)c3)c3sc(=O)[nH]c3S[C@H]42)cc1. The summed E-state index contributed by atoms with van der Waals surface area (Å²) in [6.45, 7) is 2.00. The van der Waals surface area contributed by atoms with Gasteiger partial charge in [0.1, 0.15) is 0 Å². The number of benzene rings is 2. The maximum atomic E-state index is 14.0. The Labute approximate surface area is 244 Å². The number of nitrogens with one attached hydrogen (secondary N) is 1. The molecular weight excluding hydrogens is 564 g/mol. The van der Waals surface area contributed by atoms with Gasteiger partial charge in [-0.05, 0) is 73.1 Å². The summed E-state index contributed by atoms with van der Waals surface area (Å²) in [5.41, 5.74) is 1.84. The van der Waals surface area contributed by atoms with Crippen molar-refractivity contribution in [2.75, 3.05) is 25.7 Å². The van der Waals surface area contributed by atoms with Gasteiger partial charge in [-0.15, -0.1) is 11.8 Å². The summed E-state index contributed by atoms with van der Waals surface area (Å²) in [4.78, 5) is 57.7. The number of hydrogen-bond acceptors (Lipinski definition) is 9. The molecule has 212 valence electrons. The van der Waals surface area contributed by atoms with E-state index >= 15 is 0 Å². The number of thiazole rings is 1. The molecule has 7 rings (SSSR count). The van der Waals surface area contributed by atoms with Gasteiger partial charge >= 0.3 is 10.8 Å². The number of nitrogens with zero attached hydrogens (tertiary/aromatic N) is 1. The summed E-state index contributed by atoms with van der Waals surface area (Å²) < 4.78 is 16.1. The van der Waals surface area contributed by atoms with Crippen LogP contribution < -0.4 is 19.2 Å². The fourth-order valence-electron chi connectivity index (χ4n) is 7.65. The standard InChI is InChI=1S/C30H28N2O7S2/c1-4-39-29(35)13-5-8-15(9-6-13)32-27(33)22-16-12-17(23(22)28(32)34)24-21(16)20(25-26(40-24)31-30(36)41-25)14-7-10-18(37-2)19(11-14)38-3/h5-11,16-17,20-24H,4,12H2,1-3H3,(H,31,36)/t16-,17-,20+,21+,22+,23+,24-/m1/s1. The number of hydrogen-bond donors (Lipinski definition) is 1. The van der Waals surface area contributed by atoms with Crippen molar-refractivity contribution in [3.8, 4) is 11.5 Å². The third-order valence-corrected chi connectivity index (χ3v) is 11.7. The number of H-pyrrole nitrogens is 1. The van der Waals surface area contributed by atoms with Crippen LogP contribution >= 0.6 is 23.1 Å². The van der Waals surface area contributed by atoms with Crippen LogP contribution in [0.3, 0.4) is 0 Å². The molecule has 4 aliphatic rings. The maximum Gasteiger partial charge on any atom is 0.338 e. The van der Waals surface area contributed by atoms with Crippen molar-refractivity contribution < 1.29 is 28.6 Å². The Bertz CT molecular complexity index is 1630. The molecule has 7 atom stereocenters. The Morgan fingerprint density at radius 1 is 0.976 bits per heavy atom. The van der Waals surface area contributed by atoms with E-state index < -0.39 is 17.8 Å². The Balaban J connectivity index is 1.26. The van der Waals surface area contributed by atoms with Crippen LogP contribution in [-0.2, 0) is 14.3 Å². The van der Waals surface area contributed by atoms with E-state index in [-0.39, 0.29) is 52.2 Å². The van der Waals surface area contributed by atoms with E-state index in [0.29, 0.717) is 22.7 Å². The molecular formula is C30H28N2O7S2. The lowest BCUT2D eigenvalue weighted by Gasteiger charge is -2.43. The Morgan fingerprint density at radius 2 is 1.68 bits per heavy atom. The summed E-state index contributed by atoms with van der Waals surface area (Å²) in [6.07, 6.45) is 0.799. The number of ether oxygens (including phenoxy) is 3. The first-order valence-corrected chi connectivity index (χ1v) is 15.3. The molecule has 9 nitrogen and oxygen atoms in total. The fourth-order valence-corrected chi connectivity index (χ4v) is 10.5. The highest BCUT2D eigenvalue weighted by atomic mass is 32.2. The van der Waals surface area contributed by atoms with Gasteiger partial charge in [-0.3, -0.25) is 19.3 Å². The molecule has 2 bridgehead atoms. The maximum absolute atomic E-state index is 14.0. The van der Waals surface area contributed by atoms with E-state index in [1.54, 1.807) is 57.2 Å². The van der Waals surface area contributed by atoms with Crippen molar-refractivity contribution in [1.29, 1.82) is 0 Å². The number of anilines is 1. The highest BCUT2D eigenvalue weighted by Crippen LogP contribution is 2.68. The van der Waals surface area contributed by atoms with Gasteiger partial charge in [-0.2, -0.15) is 0 Å². The fraction of sp³-hybridized carbons (Fsp3) is 0.400. The number of aromatic nitrogens is 1. The van der Waals surface area contributed by atoms with Crippen molar-refractivity contribution in [2.24, 2.45) is 29.6 Å². The predicted molar refractivity (Wildman–Crippen MR) is 153 cm³/mol. The monoisotopic (exact) mass is 592 g/mol. The molecule has 2 aliphatic carbocycles. The molecule has 2 aliphatic heterocycles. The minimum atomic E-state index is -0.444. The van der Waals surface area contributed by atoms with Crippen molar-refractivity contribution in [1.82, 2.24) is 4.98 Å². The van der Waals surface area contributed by atoms with Gasteiger partial charge in [0.05, 0.1) is 48.9 Å². The van der Waals surface area contributed by atoms with Crippen molar-refractivity contribution in [3.05, 3.63) is 68.1 Å². The van der Waals surface area contributed by atoms with Gasteiger partial charge in [-0.25, -0.2) is 4.79 Å². The van der Waals surface area contributed by atoms with Gasteiger partial charge in [0.25, 0.3) is 0 Å². The van der Waals surface area contributed by atoms with Gasteiger partial charge in [0.15, 0.2) is 11.5 Å². The molecule has 2 amide bonds. The smallest absolute Gasteiger partial charge is 0.338 e. The highest BCUT2D eigenvalue weighted by Gasteiger charge is 2.69. The van der Waals surface area contributed by atoms with Crippen LogP contribution in [0.5, 0.6) is 11.5 Å². The number of thioether (sulfide) groups is 1. The normalized spacial score (nSPS) is 29.2. The summed E-state index contributed by atoms with van der Waals surface area (Å²) in [6, 6.07) is 12.3. The molecule has 3 fully saturated rings. The van der Waals surface area contributed by atoms with E-state index in [1.807, 2.05) is 18.2 Å². The second-order valence-electron chi connectivity index (χ2n) is 10.9. The Morgan fingerprint density at radius 3 is 2.37 bits per heavy atom. The number of amides is 2. The molecule has 1 N–H and O–H groups in total. The number of fused-ring (bicyclic) bond motifs is 9. The number of methoxy groups -OCH3 is 2. The minimum Gasteiger partial charge on any atom is -0.493 e. The van der Waals surface area contributed by atoms with Gasteiger partial charge in [0, 0.05) is 16.0 Å². The number of carbonyl (C=O) groups is 3. The number of esters is 1. The first-order valence-electron chi connectivity index (χ1n) is 13.6. The highest BCUT2D eigenvalue weighted by molar-refractivity contribution is 8.00. The molecule has 0 unspecified atom stereocenters. The summed E-state index contributed by atoms with van der Waals surface area (Å²) >= 11 is 2.87. The molecule has 1 aromatic heterocycles. The van der Waals surface area contributed by atoms with Gasteiger partial charge in [-0.1, -0.05) is 17.4 Å². The minimum absolute atomic E-state index is 0.00814. The van der Waals surface area contributed by atoms with Crippen molar-refractivity contribution in [2.45, 2.75) is 29.5 Å². The molecule has 3 heterocycles. The molecule has 0 spiro atoms. The number of aromatic amines is 1. The topological polar surface area (TPSA) is 115 Å². The van der Waals surface area contributed by atoms with Crippen LogP contribution in [0.25, 0.3) is 0 Å². The lowest BCUT2D eigenvalue weighted by atomic mass is 9.68. The molecule has 0 radical (unpaired) electrons. The quantitative estimate of drug-likeness (QED) is 0.333. The van der Waals surface area contributed by atoms with Crippen LogP contribution in [0.2, 0.25) is 0 Å². The third kappa shape index (κ3) is 3.81. The van der Waals surface area contributed by atoms with Crippen molar-refractivity contribution >= 4 is 46.6 Å². The van der Waals surface area contributed by atoms with Crippen LogP contribution in [0, 0.1) is 29.6 Å². The van der Waals surface area contributed by atoms with E-state index in [4.69, 9.17) is 14.2 Å². The number of imide groups is 1. The van der Waals surface area contributed by atoms with E-state index in [9.17, 15) is 19.2 Å². The number of carbonyl (C=O) groups excluding carboxylic acids is 3. The largest absolute Gasteiger partial charge is 0.493 e. The third-order valence-electron chi connectivity index (χ3n) is 9.13. The van der Waals surface area contributed by atoms with E-state index in [2.05, 4.69) is 4.98 Å². The van der Waals surface area contributed by atoms with Crippen LogP contribution in [-0.4, -0.2) is 48.8 Å². The average molecular weight is 593 g/mol. The zero-order chi connectivity index (χ0) is 28.6. The first kappa shape index (κ1) is 26.3.